The van der Waals surface area contributed by atoms with Gasteiger partial charge in [0.15, 0.2) is 0 Å². The van der Waals surface area contributed by atoms with Crippen molar-refractivity contribution in [3.63, 3.8) is 0 Å². The maximum Gasteiger partial charge on any atom is 0.244 e. The van der Waals surface area contributed by atoms with Crippen molar-refractivity contribution in [2.75, 3.05) is 63.9 Å². The summed E-state index contributed by atoms with van der Waals surface area (Å²) in [4.78, 5) is 24.3. The van der Waals surface area contributed by atoms with Crippen molar-refractivity contribution in [2.45, 2.75) is 62.9 Å². The van der Waals surface area contributed by atoms with Crippen molar-refractivity contribution in [1.82, 2.24) is 19.1 Å². The third-order valence-electron chi connectivity index (χ3n) is 7.20. The van der Waals surface area contributed by atoms with Gasteiger partial charge in [0, 0.05) is 57.5 Å². The van der Waals surface area contributed by atoms with Crippen LogP contribution in [0.3, 0.4) is 0 Å². The molecule has 0 atom stereocenters. The van der Waals surface area contributed by atoms with E-state index in [1.165, 1.54) is 29.8 Å². The van der Waals surface area contributed by atoms with Crippen molar-refractivity contribution < 1.29 is 17.9 Å². The fourth-order valence-electron chi connectivity index (χ4n) is 5.33. The number of hydrogen-bond donors (Lipinski definition) is 0. The summed E-state index contributed by atoms with van der Waals surface area (Å²) < 4.78 is 32.3. The van der Waals surface area contributed by atoms with Crippen LogP contribution >= 0.6 is 0 Å². The van der Waals surface area contributed by atoms with E-state index in [-0.39, 0.29) is 16.8 Å². The third kappa shape index (κ3) is 5.90. The van der Waals surface area contributed by atoms with Crippen LogP contribution in [-0.2, 0) is 19.6 Å². The number of piperazine rings is 1. The van der Waals surface area contributed by atoms with Crippen molar-refractivity contribution in [3.8, 4) is 0 Å². The third-order valence-corrected chi connectivity index (χ3v) is 9.08. The molecule has 1 amide bonds. The normalized spacial score (nSPS) is 21.7. The zero-order valence-corrected chi connectivity index (χ0v) is 21.4. The van der Waals surface area contributed by atoms with E-state index in [1.54, 1.807) is 12.1 Å². The first-order valence-corrected chi connectivity index (χ1v) is 14.1. The second kappa shape index (κ2) is 11.3. The molecule has 190 valence electrons. The van der Waals surface area contributed by atoms with Gasteiger partial charge < -0.3 is 14.5 Å². The number of nitrogens with zero attached hydrogens (tertiary/aromatic N) is 5. The van der Waals surface area contributed by atoms with Gasteiger partial charge in [-0.05, 0) is 38.8 Å². The molecule has 1 aliphatic carbocycles. The van der Waals surface area contributed by atoms with Crippen molar-refractivity contribution in [2.24, 2.45) is 0 Å². The SMILES string of the molecule is CC(C)N(C(=O)CN1CCN(c2ccc(S(=O)(=O)N3CCOCC3)cn2)CC1)C1CCCCC1. The van der Waals surface area contributed by atoms with Crippen LogP contribution in [0.25, 0.3) is 0 Å². The summed E-state index contributed by atoms with van der Waals surface area (Å²) in [6, 6.07) is 4.05. The number of anilines is 1. The molecule has 0 radical (unpaired) electrons. The van der Waals surface area contributed by atoms with Crippen molar-refractivity contribution in [1.29, 1.82) is 0 Å². The van der Waals surface area contributed by atoms with Crippen LogP contribution in [0.15, 0.2) is 23.2 Å². The minimum Gasteiger partial charge on any atom is -0.379 e. The van der Waals surface area contributed by atoms with Gasteiger partial charge in [0.1, 0.15) is 10.7 Å². The molecule has 3 aliphatic rings. The highest BCUT2D eigenvalue weighted by Crippen LogP contribution is 2.25. The molecule has 3 heterocycles. The molecule has 4 rings (SSSR count). The molecule has 0 unspecified atom stereocenters. The monoisotopic (exact) mass is 493 g/mol. The zero-order chi connectivity index (χ0) is 24.1. The van der Waals surface area contributed by atoms with Gasteiger partial charge in [-0.3, -0.25) is 9.69 Å². The number of ether oxygens (including phenoxy) is 1. The molecule has 0 bridgehead atoms. The minimum atomic E-state index is -3.53. The number of sulfonamides is 1. The van der Waals surface area contributed by atoms with E-state index in [0.717, 1.165) is 44.8 Å². The molecule has 9 nitrogen and oxygen atoms in total. The lowest BCUT2D eigenvalue weighted by Crippen LogP contribution is -2.53. The van der Waals surface area contributed by atoms with Crippen molar-refractivity contribution in [3.05, 3.63) is 18.3 Å². The van der Waals surface area contributed by atoms with Gasteiger partial charge in [-0.2, -0.15) is 4.31 Å². The number of aromatic nitrogens is 1. The van der Waals surface area contributed by atoms with Gasteiger partial charge in [0.25, 0.3) is 0 Å². The predicted octanol–water partition coefficient (Wildman–Crippen LogP) is 1.79. The van der Waals surface area contributed by atoms with E-state index in [1.807, 2.05) is 0 Å². The summed E-state index contributed by atoms with van der Waals surface area (Å²) in [6.07, 6.45) is 7.44. The summed E-state index contributed by atoms with van der Waals surface area (Å²) in [6.45, 7) is 9.42. The Hall–Kier alpha value is -1.75. The average molecular weight is 494 g/mol. The molecular formula is C24H39N5O4S. The Morgan fingerprint density at radius 2 is 1.74 bits per heavy atom. The van der Waals surface area contributed by atoms with E-state index in [4.69, 9.17) is 4.74 Å². The number of pyridine rings is 1. The lowest BCUT2D eigenvalue weighted by atomic mass is 9.93. The van der Waals surface area contributed by atoms with Crippen LogP contribution in [0, 0.1) is 0 Å². The quantitative estimate of drug-likeness (QED) is 0.572. The van der Waals surface area contributed by atoms with Crippen molar-refractivity contribution >= 4 is 21.7 Å². The fourth-order valence-corrected chi connectivity index (χ4v) is 6.68. The highest BCUT2D eigenvalue weighted by atomic mass is 32.2. The molecule has 0 spiro atoms. The number of morpholine rings is 1. The second-order valence-electron chi connectivity index (χ2n) is 9.82. The first-order valence-electron chi connectivity index (χ1n) is 12.7. The van der Waals surface area contributed by atoms with Crippen LogP contribution < -0.4 is 4.90 Å². The zero-order valence-electron chi connectivity index (χ0n) is 20.6. The van der Waals surface area contributed by atoms with Gasteiger partial charge >= 0.3 is 0 Å². The molecule has 34 heavy (non-hydrogen) atoms. The highest BCUT2D eigenvalue weighted by Gasteiger charge is 2.30. The van der Waals surface area contributed by atoms with Crippen LogP contribution in [0.2, 0.25) is 0 Å². The molecule has 2 aliphatic heterocycles. The first kappa shape index (κ1) is 25.3. The summed E-state index contributed by atoms with van der Waals surface area (Å²) in [7, 11) is -3.53. The number of carbonyl (C=O) groups is 1. The number of carbonyl (C=O) groups excluding carboxylic acids is 1. The Labute approximate surface area is 204 Å². The van der Waals surface area contributed by atoms with E-state index in [0.29, 0.717) is 38.9 Å². The van der Waals surface area contributed by atoms with Crippen LogP contribution in [0.5, 0.6) is 0 Å². The maximum absolute atomic E-state index is 13.2. The molecule has 2 saturated heterocycles. The van der Waals surface area contributed by atoms with Gasteiger partial charge in [0.05, 0.1) is 19.8 Å². The van der Waals surface area contributed by atoms with E-state index in [9.17, 15) is 13.2 Å². The smallest absolute Gasteiger partial charge is 0.244 e. The summed E-state index contributed by atoms with van der Waals surface area (Å²) in [5.41, 5.74) is 0. The largest absolute Gasteiger partial charge is 0.379 e. The van der Waals surface area contributed by atoms with Gasteiger partial charge in [0.2, 0.25) is 15.9 Å². The summed E-state index contributed by atoms with van der Waals surface area (Å²) >= 11 is 0. The average Bonchev–Trinajstić information content (AvgIpc) is 2.86. The Morgan fingerprint density at radius 3 is 2.32 bits per heavy atom. The summed E-state index contributed by atoms with van der Waals surface area (Å²) in [5, 5.41) is 0. The molecule has 1 saturated carbocycles. The van der Waals surface area contributed by atoms with E-state index in [2.05, 4.69) is 33.5 Å². The summed E-state index contributed by atoms with van der Waals surface area (Å²) in [5.74, 6) is 1.02. The Morgan fingerprint density at radius 1 is 1.06 bits per heavy atom. The molecule has 10 heteroatoms. The second-order valence-corrected chi connectivity index (χ2v) is 11.8. The minimum absolute atomic E-state index is 0.221. The van der Waals surface area contributed by atoms with Gasteiger partial charge in [-0.15, -0.1) is 0 Å². The van der Waals surface area contributed by atoms with E-state index < -0.39 is 10.0 Å². The Kier molecular flexibility index (Phi) is 8.44. The van der Waals surface area contributed by atoms with Crippen LogP contribution in [0.4, 0.5) is 5.82 Å². The molecule has 0 N–H and O–H groups in total. The van der Waals surface area contributed by atoms with Gasteiger partial charge in [-0.1, -0.05) is 19.3 Å². The number of amides is 1. The first-order chi connectivity index (χ1) is 16.4. The topological polar surface area (TPSA) is 86.3 Å². The maximum atomic E-state index is 13.2. The lowest BCUT2D eigenvalue weighted by molar-refractivity contribution is -0.137. The number of rotatable bonds is 7. The van der Waals surface area contributed by atoms with E-state index >= 15 is 0 Å². The highest BCUT2D eigenvalue weighted by molar-refractivity contribution is 7.89. The molecule has 0 aromatic carbocycles. The van der Waals surface area contributed by atoms with Crippen LogP contribution in [0.1, 0.15) is 46.0 Å². The predicted molar refractivity (Wildman–Crippen MR) is 131 cm³/mol. The molecule has 1 aromatic heterocycles. The Bertz CT molecular complexity index is 904. The molecular weight excluding hydrogens is 454 g/mol. The standard InChI is InChI=1S/C24H39N5O4S/c1-20(2)29(21-6-4-3-5-7-21)24(30)19-26-10-12-27(13-11-26)23-9-8-22(18-25-23)34(31,32)28-14-16-33-17-15-28/h8-9,18,20-21H,3-7,10-17,19H2,1-2H3. The van der Waals surface area contributed by atoms with Crippen LogP contribution in [-0.4, -0.2) is 105 Å². The molecule has 3 fully saturated rings. The lowest BCUT2D eigenvalue weighted by Gasteiger charge is -2.40. The van der Waals surface area contributed by atoms with Gasteiger partial charge in [-0.25, -0.2) is 13.4 Å². The Balaban J connectivity index is 1.30. The molecule has 1 aromatic rings. The number of hydrogen-bond acceptors (Lipinski definition) is 7. The fraction of sp³-hybridized carbons (Fsp3) is 0.750.